The van der Waals surface area contributed by atoms with Gasteiger partial charge in [0.25, 0.3) is 5.91 Å². The van der Waals surface area contributed by atoms with Gasteiger partial charge in [0, 0.05) is 5.69 Å². The third-order valence-electron chi connectivity index (χ3n) is 3.53. The number of nitrogens with one attached hydrogen (secondary N) is 1. The number of rotatable bonds is 6. The molecule has 0 aliphatic heterocycles. The van der Waals surface area contributed by atoms with Gasteiger partial charge in [0.05, 0.1) is 0 Å². The topological polar surface area (TPSA) is 38.3 Å². The van der Waals surface area contributed by atoms with Crippen molar-refractivity contribution in [2.45, 2.75) is 39.2 Å². The summed E-state index contributed by atoms with van der Waals surface area (Å²) in [6, 6.07) is 17.4. The SMILES string of the molecule is CC[C@@H](Oc1ccccc1)C(=O)Nc1ccc(C(C)C)cc1. The zero-order valence-electron chi connectivity index (χ0n) is 13.4. The lowest BCUT2D eigenvalue weighted by Gasteiger charge is -2.17. The van der Waals surface area contributed by atoms with Crippen molar-refractivity contribution < 1.29 is 9.53 Å². The molecule has 0 aliphatic carbocycles. The largest absolute Gasteiger partial charge is 0.481 e. The van der Waals surface area contributed by atoms with Gasteiger partial charge < -0.3 is 10.1 Å². The Hall–Kier alpha value is -2.29. The monoisotopic (exact) mass is 297 g/mol. The van der Waals surface area contributed by atoms with E-state index >= 15 is 0 Å². The Morgan fingerprint density at radius 3 is 2.23 bits per heavy atom. The van der Waals surface area contributed by atoms with Gasteiger partial charge in [0.1, 0.15) is 5.75 Å². The molecule has 22 heavy (non-hydrogen) atoms. The van der Waals surface area contributed by atoms with E-state index in [1.807, 2.05) is 61.5 Å². The molecule has 1 atom stereocenters. The van der Waals surface area contributed by atoms with E-state index in [-0.39, 0.29) is 5.91 Å². The predicted octanol–water partition coefficient (Wildman–Crippen LogP) is 4.61. The third kappa shape index (κ3) is 4.35. The van der Waals surface area contributed by atoms with Crippen LogP contribution in [-0.2, 0) is 4.79 Å². The summed E-state index contributed by atoms with van der Waals surface area (Å²) in [5.74, 6) is 1.07. The quantitative estimate of drug-likeness (QED) is 0.845. The number of benzene rings is 2. The highest BCUT2D eigenvalue weighted by atomic mass is 16.5. The normalized spacial score (nSPS) is 12.0. The zero-order valence-corrected chi connectivity index (χ0v) is 13.4. The van der Waals surface area contributed by atoms with Crippen molar-refractivity contribution >= 4 is 11.6 Å². The van der Waals surface area contributed by atoms with Gasteiger partial charge in [0.2, 0.25) is 0 Å². The first kappa shape index (κ1) is 16.1. The van der Waals surface area contributed by atoms with Crippen LogP contribution in [0.1, 0.15) is 38.7 Å². The second-order valence-corrected chi connectivity index (χ2v) is 5.59. The lowest BCUT2D eigenvalue weighted by atomic mass is 10.0. The summed E-state index contributed by atoms with van der Waals surface area (Å²) < 4.78 is 5.75. The second kappa shape index (κ2) is 7.64. The molecular formula is C19H23NO2. The number of hydrogen-bond donors (Lipinski definition) is 1. The molecule has 0 aromatic heterocycles. The van der Waals surface area contributed by atoms with Crippen LogP contribution in [-0.4, -0.2) is 12.0 Å². The van der Waals surface area contributed by atoms with Crippen molar-refractivity contribution in [3.05, 3.63) is 60.2 Å². The van der Waals surface area contributed by atoms with Crippen LogP contribution < -0.4 is 10.1 Å². The lowest BCUT2D eigenvalue weighted by molar-refractivity contribution is -0.122. The maximum absolute atomic E-state index is 12.3. The fraction of sp³-hybridized carbons (Fsp3) is 0.316. The molecule has 0 aliphatic rings. The summed E-state index contributed by atoms with van der Waals surface area (Å²) >= 11 is 0. The highest BCUT2D eigenvalue weighted by molar-refractivity contribution is 5.94. The Balaban J connectivity index is 2.00. The van der Waals surface area contributed by atoms with Crippen LogP contribution >= 0.6 is 0 Å². The molecule has 116 valence electrons. The standard InChI is InChI=1S/C19H23NO2/c1-4-18(22-17-8-6-5-7-9-17)19(21)20-16-12-10-15(11-13-16)14(2)3/h5-14,18H,4H2,1-3H3,(H,20,21)/t18-/m1/s1. The van der Waals surface area contributed by atoms with Crippen LogP contribution in [0.3, 0.4) is 0 Å². The average molecular weight is 297 g/mol. The molecule has 1 amide bonds. The van der Waals surface area contributed by atoms with E-state index in [0.29, 0.717) is 18.1 Å². The van der Waals surface area contributed by atoms with E-state index in [0.717, 1.165) is 5.69 Å². The molecule has 0 fully saturated rings. The Labute approximate surface area is 132 Å². The first-order chi connectivity index (χ1) is 10.6. The maximum atomic E-state index is 12.3. The maximum Gasteiger partial charge on any atom is 0.265 e. The van der Waals surface area contributed by atoms with E-state index in [9.17, 15) is 4.79 Å². The molecule has 0 saturated heterocycles. The minimum atomic E-state index is -0.493. The Morgan fingerprint density at radius 1 is 1.05 bits per heavy atom. The van der Waals surface area contributed by atoms with Crippen LogP contribution in [0.4, 0.5) is 5.69 Å². The van der Waals surface area contributed by atoms with Crippen LogP contribution in [0.15, 0.2) is 54.6 Å². The minimum Gasteiger partial charge on any atom is -0.481 e. The van der Waals surface area contributed by atoms with Crippen LogP contribution in [0, 0.1) is 0 Å². The summed E-state index contributed by atoms with van der Waals surface area (Å²) in [6.07, 6.45) is 0.123. The molecule has 0 unspecified atom stereocenters. The van der Waals surface area contributed by atoms with Crippen molar-refractivity contribution in [2.24, 2.45) is 0 Å². The number of anilines is 1. The number of amides is 1. The van der Waals surface area contributed by atoms with Gasteiger partial charge in [-0.3, -0.25) is 4.79 Å². The molecule has 0 heterocycles. The molecule has 2 aromatic rings. The van der Waals surface area contributed by atoms with Crippen molar-refractivity contribution in [2.75, 3.05) is 5.32 Å². The van der Waals surface area contributed by atoms with Crippen LogP contribution in [0.25, 0.3) is 0 Å². The molecule has 0 bridgehead atoms. The zero-order chi connectivity index (χ0) is 15.9. The van der Waals surface area contributed by atoms with E-state index in [1.165, 1.54) is 5.56 Å². The van der Waals surface area contributed by atoms with Crippen molar-refractivity contribution in [3.8, 4) is 5.75 Å². The highest BCUT2D eigenvalue weighted by Gasteiger charge is 2.18. The molecule has 0 spiro atoms. The number of carbonyl (C=O) groups is 1. The molecule has 2 rings (SSSR count). The van der Waals surface area contributed by atoms with Gasteiger partial charge in [-0.2, -0.15) is 0 Å². The second-order valence-electron chi connectivity index (χ2n) is 5.59. The fourth-order valence-electron chi connectivity index (χ4n) is 2.16. The summed E-state index contributed by atoms with van der Waals surface area (Å²) in [7, 11) is 0. The molecule has 2 aromatic carbocycles. The van der Waals surface area contributed by atoms with Crippen molar-refractivity contribution in [1.82, 2.24) is 0 Å². The average Bonchev–Trinajstić information content (AvgIpc) is 2.54. The first-order valence-corrected chi connectivity index (χ1v) is 7.72. The summed E-state index contributed by atoms with van der Waals surface area (Å²) in [4.78, 5) is 12.3. The van der Waals surface area contributed by atoms with E-state index in [4.69, 9.17) is 4.74 Å². The molecule has 3 nitrogen and oxygen atoms in total. The predicted molar refractivity (Wildman–Crippen MR) is 90.3 cm³/mol. The van der Waals surface area contributed by atoms with Crippen molar-refractivity contribution in [3.63, 3.8) is 0 Å². The molecular weight excluding hydrogens is 274 g/mol. The lowest BCUT2D eigenvalue weighted by Crippen LogP contribution is -2.32. The first-order valence-electron chi connectivity index (χ1n) is 7.72. The number of hydrogen-bond acceptors (Lipinski definition) is 2. The van der Waals surface area contributed by atoms with Gasteiger partial charge in [-0.1, -0.05) is 51.1 Å². The summed E-state index contributed by atoms with van der Waals surface area (Å²) in [6.45, 7) is 6.23. The van der Waals surface area contributed by atoms with Crippen LogP contribution in [0.5, 0.6) is 5.75 Å². The molecule has 0 saturated carbocycles. The van der Waals surface area contributed by atoms with Gasteiger partial charge in [-0.05, 0) is 42.2 Å². The summed E-state index contributed by atoms with van der Waals surface area (Å²) in [5, 5.41) is 2.92. The van der Waals surface area contributed by atoms with Gasteiger partial charge in [-0.15, -0.1) is 0 Å². The molecule has 0 radical (unpaired) electrons. The molecule has 3 heteroatoms. The van der Waals surface area contributed by atoms with E-state index in [1.54, 1.807) is 0 Å². The smallest absolute Gasteiger partial charge is 0.265 e. The number of para-hydroxylation sites is 1. The Morgan fingerprint density at radius 2 is 1.68 bits per heavy atom. The molecule has 1 N–H and O–H groups in total. The van der Waals surface area contributed by atoms with Gasteiger partial charge >= 0.3 is 0 Å². The van der Waals surface area contributed by atoms with Gasteiger partial charge in [0.15, 0.2) is 6.10 Å². The highest BCUT2D eigenvalue weighted by Crippen LogP contribution is 2.18. The van der Waals surface area contributed by atoms with Gasteiger partial charge in [-0.25, -0.2) is 0 Å². The Bertz CT molecular complexity index is 591. The van der Waals surface area contributed by atoms with E-state index < -0.39 is 6.10 Å². The number of carbonyl (C=O) groups excluding carboxylic acids is 1. The number of ether oxygens (including phenoxy) is 1. The summed E-state index contributed by atoms with van der Waals surface area (Å²) in [5.41, 5.74) is 2.05. The van der Waals surface area contributed by atoms with E-state index in [2.05, 4.69) is 19.2 Å². The van der Waals surface area contributed by atoms with Crippen LogP contribution in [0.2, 0.25) is 0 Å². The third-order valence-corrected chi connectivity index (χ3v) is 3.53. The Kier molecular flexibility index (Phi) is 5.59. The minimum absolute atomic E-state index is 0.122. The fourth-order valence-corrected chi connectivity index (χ4v) is 2.16. The van der Waals surface area contributed by atoms with Crippen molar-refractivity contribution in [1.29, 1.82) is 0 Å².